The second-order valence-electron chi connectivity index (χ2n) is 5.56. The minimum absolute atomic E-state index is 0.703. The van der Waals surface area contributed by atoms with Gasteiger partial charge < -0.3 is 5.73 Å². The normalized spacial score (nSPS) is 11.0. The van der Waals surface area contributed by atoms with Gasteiger partial charge in [0.25, 0.3) is 0 Å². The molecule has 0 aliphatic carbocycles. The van der Waals surface area contributed by atoms with Crippen LogP contribution in [-0.2, 0) is 13.5 Å². The van der Waals surface area contributed by atoms with Crippen LogP contribution in [0.2, 0.25) is 0 Å². The van der Waals surface area contributed by atoms with Gasteiger partial charge in [-0.25, -0.2) is 0 Å². The van der Waals surface area contributed by atoms with Crippen molar-refractivity contribution in [2.75, 3.05) is 5.73 Å². The molecule has 4 heteroatoms. The van der Waals surface area contributed by atoms with E-state index in [1.807, 2.05) is 25.2 Å². The Hall–Kier alpha value is -1.84. The Balaban J connectivity index is 2.01. The lowest BCUT2D eigenvalue weighted by molar-refractivity contribution is 0.601. The molecule has 4 nitrogen and oxygen atoms in total. The molecular weight excluding hydrogens is 260 g/mol. The third-order valence-electron chi connectivity index (χ3n) is 3.85. The summed E-state index contributed by atoms with van der Waals surface area (Å²) in [5.41, 5.74) is 9.17. The van der Waals surface area contributed by atoms with Crippen LogP contribution in [0.3, 0.4) is 0 Å². The standard InChI is InChI=1S/C17H26N4/c1-3-4-5-6-7-8-12-15-16(17(18)21(2)20-15)14-11-9-10-13-19-14/h9-11,13H,3-8,12,18H2,1-2H3. The first-order valence-corrected chi connectivity index (χ1v) is 7.96. The fourth-order valence-corrected chi connectivity index (χ4v) is 2.63. The molecule has 0 aliphatic heterocycles. The lowest BCUT2D eigenvalue weighted by Gasteiger charge is -2.03. The van der Waals surface area contributed by atoms with E-state index in [1.165, 1.54) is 38.5 Å². The van der Waals surface area contributed by atoms with E-state index < -0.39 is 0 Å². The zero-order valence-electron chi connectivity index (χ0n) is 13.2. The topological polar surface area (TPSA) is 56.7 Å². The maximum atomic E-state index is 6.17. The second kappa shape index (κ2) is 7.81. The zero-order chi connectivity index (χ0) is 15.1. The van der Waals surface area contributed by atoms with Gasteiger partial charge in [0, 0.05) is 13.2 Å². The Morgan fingerprint density at radius 3 is 2.57 bits per heavy atom. The Kier molecular flexibility index (Phi) is 5.78. The number of hydrogen-bond donors (Lipinski definition) is 1. The fourth-order valence-electron chi connectivity index (χ4n) is 2.63. The Morgan fingerprint density at radius 1 is 1.10 bits per heavy atom. The number of unbranched alkanes of at least 4 members (excludes halogenated alkanes) is 5. The predicted octanol–water partition coefficient (Wildman–Crippen LogP) is 3.97. The molecule has 0 aliphatic rings. The van der Waals surface area contributed by atoms with Gasteiger partial charge in [-0.15, -0.1) is 0 Å². The van der Waals surface area contributed by atoms with E-state index >= 15 is 0 Å². The van der Waals surface area contributed by atoms with Crippen LogP contribution in [0.5, 0.6) is 0 Å². The number of nitrogens with zero attached hydrogens (tertiary/aromatic N) is 3. The largest absolute Gasteiger partial charge is 0.383 e. The van der Waals surface area contributed by atoms with Crippen LogP contribution in [0, 0.1) is 0 Å². The first kappa shape index (κ1) is 15.5. The first-order chi connectivity index (χ1) is 10.2. The van der Waals surface area contributed by atoms with Crippen LogP contribution in [-0.4, -0.2) is 14.8 Å². The van der Waals surface area contributed by atoms with Gasteiger partial charge in [0.15, 0.2) is 0 Å². The van der Waals surface area contributed by atoms with Crippen LogP contribution >= 0.6 is 0 Å². The third-order valence-corrected chi connectivity index (χ3v) is 3.85. The molecule has 0 spiro atoms. The summed E-state index contributed by atoms with van der Waals surface area (Å²) in [7, 11) is 1.90. The molecule has 0 saturated carbocycles. The van der Waals surface area contributed by atoms with Gasteiger partial charge in [0.1, 0.15) is 5.82 Å². The number of pyridine rings is 1. The van der Waals surface area contributed by atoms with E-state index in [2.05, 4.69) is 17.0 Å². The quantitative estimate of drug-likeness (QED) is 0.747. The zero-order valence-corrected chi connectivity index (χ0v) is 13.2. The van der Waals surface area contributed by atoms with Gasteiger partial charge in [-0.1, -0.05) is 45.1 Å². The molecule has 2 aromatic rings. The highest BCUT2D eigenvalue weighted by atomic mass is 15.3. The molecule has 0 aromatic carbocycles. The van der Waals surface area contributed by atoms with Crippen molar-refractivity contribution in [2.45, 2.75) is 51.9 Å². The lowest BCUT2D eigenvalue weighted by Crippen LogP contribution is -1.98. The van der Waals surface area contributed by atoms with Crippen molar-refractivity contribution in [1.82, 2.24) is 14.8 Å². The summed E-state index contributed by atoms with van der Waals surface area (Å²) in [5, 5.41) is 4.57. The van der Waals surface area contributed by atoms with Crippen molar-refractivity contribution in [1.29, 1.82) is 0 Å². The molecule has 21 heavy (non-hydrogen) atoms. The molecule has 2 aromatic heterocycles. The maximum absolute atomic E-state index is 6.17. The van der Waals surface area contributed by atoms with Crippen LogP contribution in [0.1, 0.15) is 51.1 Å². The average molecular weight is 286 g/mol. The van der Waals surface area contributed by atoms with Crippen molar-refractivity contribution < 1.29 is 0 Å². The highest BCUT2D eigenvalue weighted by Gasteiger charge is 2.16. The molecule has 0 atom stereocenters. The molecule has 0 fully saturated rings. The van der Waals surface area contributed by atoms with E-state index in [9.17, 15) is 0 Å². The van der Waals surface area contributed by atoms with Gasteiger partial charge in [-0.05, 0) is 25.0 Å². The molecule has 114 valence electrons. The van der Waals surface area contributed by atoms with Gasteiger partial charge in [-0.2, -0.15) is 5.10 Å². The summed E-state index contributed by atoms with van der Waals surface area (Å²) in [6, 6.07) is 5.91. The van der Waals surface area contributed by atoms with Crippen molar-refractivity contribution in [2.24, 2.45) is 7.05 Å². The summed E-state index contributed by atoms with van der Waals surface area (Å²) in [4.78, 5) is 4.42. The highest BCUT2D eigenvalue weighted by molar-refractivity contribution is 5.73. The minimum Gasteiger partial charge on any atom is -0.383 e. The molecule has 2 rings (SSSR count). The molecule has 2 N–H and O–H groups in total. The lowest BCUT2D eigenvalue weighted by atomic mass is 10.0. The van der Waals surface area contributed by atoms with Gasteiger partial charge >= 0.3 is 0 Å². The monoisotopic (exact) mass is 286 g/mol. The van der Waals surface area contributed by atoms with Crippen LogP contribution < -0.4 is 5.73 Å². The first-order valence-electron chi connectivity index (χ1n) is 7.96. The van der Waals surface area contributed by atoms with Gasteiger partial charge in [0.05, 0.1) is 17.0 Å². The van der Waals surface area contributed by atoms with E-state index in [4.69, 9.17) is 5.73 Å². The fraction of sp³-hybridized carbons (Fsp3) is 0.529. The van der Waals surface area contributed by atoms with Gasteiger partial charge in [0.2, 0.25) is 0 Å². The van der Waals surface area contributed by atoms with Crippen LogP contribution in [0.4, 0.5) is 5.82 Å². The maximum Gasteiger partial charge on any atom is 0.131 e. The smallest absolute Gasteiger partial charge is 0.131 e. The Labute approximate surface area is 127 Å². The van der Waals surface area contributed by atoms with Crippen LogP contribution in [0.15, 0.2) is 24.4 Å². The minimum atomic E-state index is 0.703. The molecule has 0 bridgehead atoms. The average Bonchev–Trinajstić information content (AvgIpc) is 2.79. The Bertz CT molecular complexity index is 545. The highest BCUT2D eigenvalue weighted by Crippen LogP contribution is 2.28. The molecule has 2 heterocycles. The second-order valence-corrected chi connectivity index (χ2v) is 5.56. The summed E-state index contributed by atoms with van der Waals surface area (Å²) >= 11 is 0. The Morgan fingerprint density at radius 2 is 1.86 bits per heavy atom. The van der Waals surface area contributed by atoms with Gasteiger partial charge in [-0.3, -0.25) is 9.67 Å². The van der Waals surface area contributed by atoms with Crippen molar-refractivity contribution >= 4 is 5.82 Å². The number of anilines is 1. The van der Waals surface area contributed by atoms with E-state index in [1.54, 1.807) is 10.9 Å². The number of nitrogens with two attached hydrogens (primary N) is 1. The number of aromatic nitrogens is 3. The summed E-state index contributed by atoms with van der Waals surface area (Å²) in [6.07, 6.45) is 10.5. The van der Waals surface area contributed by atoms with Crippen molar-refractivity contribution in [3.8, 4) is 11.3 Å². The predicted molar refractivity (Wildman–Crippen MR) is 87.9 cm³/mol. The SMILES string of the molecule is CCCCCCCCc1nn(C)c(N)c1-c1ccccn1. The summed E-state index contributed by atoms with van der Waals surface area (Å²) in [5.74, 6) is 0.703. The molecule has 0 radical (unpaired) electrons. The van der Waals surface area contributed by atoms with E-state index in [-0.39, 0.29) is 0 Å². The number of aryl methyl sites for hydroxylation is 2. The molecule has 0 amide bonds. The summed E-state index contributed by atoms with van der Waals surface area (Å²) in [6.45, 7) is 2.25. The number of rotatable bonds is 8. The van der Waals surface area contributed by atoms with Crippen LogP contribution in [0.25, 0.3) is 11.3 Å². The van der Waals surface area contributed by atoms with Crippen molar-refractivity contribution in [3.63, 3.8) is 0 Å². The van der Waals surface area contributed by atoms with E-state index in [0.29, 0.717) is 5.82 Å². The summed E-state index contributed by atoms with van der Waals surface area (Å²) < 4.78 is 1.76. The van der Waals surface area contributed by atoms with Crippen molar-refractivity contribution in [3.05, 3.63) is 30.1 Å². The third kappa shape index (κ3) is 4.06. The molecule has 0 unspecified atom stereocenters. The molecular formula is C17H26N4. The number of hydrogen-bond acceptors (Lipinski definition) is 3. The van der Waals surface area contributed by atoms with E-state index in [0.717, 1.165) is 23.4 Å². The number of nitrogen functional groups attached to an aromatic ring is 1. The molecule has 0 saturated heterocycles.